The average molecular weight is 380 g/mol. The van der Waals surface area contributed by atoms with E-state index in [0.717, 1.165) is 15.4 Å². The second-order valence-corrected chi connectivity index (χ2v) is 6.99. The smallest absolute Gasteiger partial charge is 0.308 e. The molecule has 0 unspecified atom stereocenters. The van der Waals surface area contributed by atoms with E-state index >= 15 is 0 Å². The van der Waals surface area contributed by atoms with Gasteiger partial charge in [-0.25, -0.2) is 0 Å². The van der Waals surface area contributed by atoms with Crippen LogP contribution in [0.1, 0.15) is 35.9 Å². The van der Waals surface area contributed by atoms with E-state index in [1.165, 1.54) is 0 Å². The van der Waals surface area contributed by atoms with Crippen molar-refractivity contribution in [3.05, 3.63) is 34.0 Å². The van der Waals surface area contributed by atoms with Crippen LogP contribution in [0.3, 0.4) is 0 Å². The summed E-state index contributed by atoms with van der Waals surface area (Å²) in [5, 5.41) is 10.2. The Morgan fingerprint density at radius 1 is 1.35 bits per heavy atom. The van der Waals surface area contributed by atoms with Crippen LogP contribution in [-0.2, 0) is 4.79 Å². The lowest BCUT2D eigenvalue weighted by atomic mass is 9.90. The Labute approximate surface area is 142 Å². The van der Waals surface area contributed by atoms with E-state index in [0.29, 0.717) is 25.0 Å². The first kappa shape index (κ1) is 16.1. The Hall–Kier alpha value is -1.82. The molecule has 1 fully saturated rings. The maximum absolute atomic E-state index is 12.8. The summed E-state index contributed by atoms with van der Waals surface area (Å²) in [5.41, 5.74) is 1.64. The zero-order valence-electron chi connectivity index (χ0n) is 13.0. The molecular weight excluding hydrogens is 362 g/mol. The summed E-state index contributed by atoms with van der Waals surface area (Å²) in [6.07, 6.45) is 1.30. The zero-order chi connectivity index (χ0) is 16.7. The molecule has 0 saturated carbocycles. The first-order chi connectivity index (χ1) is 10.9. The van der Waals surface area contributed by atoms with Crippen molar-refractivity contribution in [2.45, 2.75) is 32.7 Å². The number of piperidine rings is 1. The van der Waals surface area contributed by atoms with Crippen molar-refractivity contribution in [3.63, 3.8) is 0 Å². The van der Waals surface area contributed by atoms with Gasteiger partial charge >= 0.3 is 5.97 Å². The van der Waals surface area contributed by atoms with Gasteiger partial charge in [0.05, 0.1) is 5.92 Å². The van der Waals surface area contributed by atoms with Crippen LogP contribution in [0, 0.1) is 12.8 Å². The molecule has 0 aliphatic carbocycles. The van der Waals surface area contributed by atoms with Gasteiger partial charge in [0, 0.05) is 22.4 Å². The van der Waals surface area contributed by atoms with Crippen molar-refractivity contribution in [3.8, 4) is 0 Å². The van der Waals surface area contributed by atoms with Gasteiger partial charge in [-0.2, -0.15) is 0 Å². The quantitative estimate of drug-likeness (QED) is 0.860. The van der Waals surface area contributed by atoms with Crippen LogP contribution in [0.2, 0.25) is 0 Å². The minimum absolute atomic E-state index is 0.241. The van der Waals surface area contributed by atoms with Crippen molar-refractivity contribution >= 4 is 38.8 Å². The molecule has 122 valence electrons. The number of furan rings is 1. The molecule has 2 atom stereocenters. The van der Waals surface area contributed by atoms with Gasteiger partial charge in [-0.15, -0.1) is 0 Å². The maximum atomic E-state index is 12.8. The standard InChI is InChI=1S/C17H18BrNO4/c1-9-6-12(18)7-11-8-14(23-15(9)11)16(20)19-5-3-4-13(10(19)2)17(21)22/h6-8,10,13H,3-5H2,1-2H3,(H,21,22)/t10-,13-/m1/s1. The van der Waals surface area contributed by atoms with Crippen molar-refractivity contribution in [1.29, 1.82) is 0 Å². The number of aryl methyl sites for hydroxylation is 1. The number of fused-ring (bicyclic) bond motifs is 1. The Kier molecular flexibility index (Phi) is 4.19. The Morgan fingerprint density at radius 2 is 2.09 bits per heavy atom. The number of aliphatic carboxylic acids is 1. The molecule has 1 aliphatic heterocycles. The van der Waals surface area contributed by atoms with E-state index in [-0.39, 0.29) is 17.7 Å². The number of likely N-dealkylation sites (tertiary alicyclic amines) is 1. The van der Waals surface area contributed by atoms with Gasteiger partial charge in [-0.05, 0) is 50.5 Å². The summed E-state index contributed by atoms with van der Waals surface area (Å²) < 4.78 is 6.68. The first-order valence-electron chi connectivity index (χ1n) is 7.62. The number of hydrogen-bond acceptors (Lipinski definition) is 3. The monoisotopic (exact) mass is 379 g/mol. The fourth-order valence-corrected chi connectivity index (χ4v) is 3.88. The molecule has 23 heavy (non-hydrogen) atoms. The molecule has 1 saturated heterocycles. The molecule has 0 spiro atoms. The maximum Gasteiger partial charge on any atom is 0.308 e. The lowest BCUT2D eigenvalue weighted by Gasteiger charge is -2.36. The third kappa shape index (κ3) is 2.87. The third-order valence-electron chi connectivity index (χ3n) is 4.54. The summed E-state index contributed by atoms with van der Waals surface area (Å²) in [4.78, 5) is 25.7. The van der Waals surface area contributed by atoms with Crippen LogP contribution in [0.15, 0.2) is 27.1 Å². The highest BCUT2D eigenvalue weighted by atomic mass is 79.9. The summed E-state index contributed by atoms with van der Waals surface area (Å²) >= 11 is 3.44. The predicted octanol–water partition coefficient (Wildman–Crippen LogP) is 3.83. The zero-order valence-corrected chi connectivity index (χ0v) is 14.6. The minimum atomic E-state index is -0.848. The van der Waals surface area contributed by atoms with E-state index < -0.39 is 11.9 Å². The van der Waals surface area contributed by atoms with Gasteiger partial charge in [0.2, 0.25) is 0 Å². The van der Waals surface area contributed by atoms with Crippen LogP contribution < -0.4 is 0 Å². The van der Waals surface area contributed by atoms with E-state index in [4.69, 9.17) is 4.42 Å². The van der Waals surface area contributed by atoms with Gasteiger partial charge in [-0.3, -0.25) is 9.59 Å². The molecule has 1 aliphatic rings. The predicted molar refractivity (Wildman–Crippen MR) is 89.5 cm³/mol. The van der Waals surface area contributed by atoms with Crippen molar-refractivity contribution in [1.82, 2.24) is 4.90 Å². The summed E-state index contributed by atoms with van der Waals surface area (Å²) in [7, 11) is 0. The summed E-state index contributed by atoms with van der Waals surface area (Å²) in [6, 6.07) is 5.23. The summed E-state index contributed by atoms with van der Waals surface area (Å²) in [6.45, 7) is 4.28. The van der Waals surface area contributed by atoms with Crippen molar-refractivity contribution < 1.29 is 19.1 Å². The first-order valence-corrected chi connectivity index (χ1v) is 8.41. The molecule has 1 aromatic heterocycles. The molecule has 0 bridgehead atoms. The lowest BCUT2D eigenvalue weighted by molar-refractivity contribution is -0.145. The number of amides is 1. The number of benzene rings is 1. The third-order valence-corrected chi connectivity index (χ3v) is 5.00. The van der Waals surface area contributed by atoms with Crippen molar-refractivity contribution in [2.24, 2.45) is 5.92 Å². The highest BCUT2D eigenvalue weighted by molar-refractivity contribution is 9.10. The SMILES string of the molecule is Cc1cc(Br)cc2cc(C(=O)N3CCC[C@@H](C(=O)O)[C@H]3C)oc12. The van der Waals surface area contributed by atoms with Crippen LogP contribution in [-0.4, -0.2) is 34.5 Å². The largest absolute Gasteiger partial charge is 0.481 e. The normalized spacial score (nSPS) is 21.6. The van der Waals surface area contributed by atoms with Crippen molar-refractivity contribution in [2.75, 3.05) is 6.54 Å². The van der Waals surface area contributed by atoms with Crippen LogP contribution >= 0.6 is 15.9 Å². The molecule has 0 radical (unpaired) electrons. The van der Waals surface area contributed by atoms with Gasteiger partial charge in [0.1, 0.15) is 5.58 Å². The number of carbonyl (C=O) groups excluding carboxylic acids is 1. The fourth-order valence-electron chi connectivity index (χ4n) is 3.29. The fraction of sp³-hybridized carbons (Fsp3) is 0.412. The van der Waals surface area contributed by atoms with Gasteiger partial charge in [0.25, 0.3) is 5.91 Å². The molecule has 2 aromatic rings. The molecule has 1 N–H and O–H groups in total. The number of hydrogen-bond donors (Lipinski definition) is 1. The second-order valence-electron chi connectivity index (χ2n) is 6.08. The molecule has 2 heterocycles. The Balaban J connectivity index is 1.93. The van der Waals surface area contributed by atoms with E-state index in [2.05, 4.69) is 15.9 Å². The molecule has 5 nitrogen and oxygen atoms in total. The number of carbonyl (C=O) groups is 2. The number of carboxylic acids is 1. The molecule has 3 rings (SSSR count). The lowest BCUT2D eigenvalue weighted by Crippen LogP contribution is -2.49. The highest BCUT2D eigenvalue weighted by Gasteiger charge is 2.36. The minimum Gasteiger partial charge on any atom is -0.481 e. The Bertz CT molecular complexity index is 782. The number of halogens is 1. The summed E-state index contributed by atoms with van der Waals surface area (Å²) in [5.74, 6) is -1.35. The second kappa shape index (κ2) is 6.00. The molecule has 6 heteroatoms. The molecular formula is C17H18BrNO4. The van der Waals surface area contributed by atoms with Crippen LogP contribution in [0.5, 0.6) is 0 Å². The highest BCUT2D eigenvalue weighted by Crippen LogP contribution is 2.30. The molecule has 1 aromatic carbocycles. The van der Waals surface area contributed by atoms with E-state index in [1.54, 1.807) is 17.9 Å². The topological polar surface area (TPSA) is 70.8 Å². The van der Waals surface area contributed by atoms with Gasteiger partial charge in [0.15, 0.2) is 5.76 Å². The van der Waals surface area contributed by atoms with E-state index in [1.807, 2.05) is 19.1 Å². The van der Waals surface area contributed by atoms with E-state index in [9.17, 15) is 14.7 Å². The van der Waals surface area contributed by atoms with Gasteiger partial charge in [-0.1, -0.05) is 15.9 Å². The Morgan fingerprint density at radius 3 is 2.78 bits per heavy atom. The number of carboxylic acid groups (broad SMARTS) is 1. The van der Waals surface area contributed by atoms with Gasteiger partial charge < -0.3 is 14.4 Å². The van der Waals surface area contributed by atoms with Crippen LogP contribution in [0.25, 0.3) is 11.0 Å². The molecule has 1 amide bonds. The average Bonchev–Trinajstić information content (AvgIpc) is 2.90. The van der Waals surface area contributed by atoms with Crippen LogP contribution in [0.4, 0.5) is 0 Å². The number of nitrogens with zero attached hydrogens (tertiary/aromatic N) is 1. The number of rotatable bonds is 2.